The summed E-state index contributed by atoms with van der Waals surface area (Å²) in [6, 6.07) is 0.614. The first-order valence-corrected chi connectivity index (χ1v) is 4.20. The second-order valence-electron chi connectivity index (χ2n) is 3.04. The van der Waals surface area contributed by atoms with Gasteiger partial charge in [0.1, 0.15) is 0 Å². The van der Waals surface area contributed by atoms with E-state index < -0.39 is 0 Å². The van der Waals surface area contributed by atoms with Crippen LogP contribution in [0.4, 0.5) is 0 Å². The quantitative estimate of drug-likeness (QED) is 0.596. The highest BCUT2D eigenvalue weighted by Crippen LogP contribution is 1.95. The third-order valence-corrected chi connectivity index (χ3v) is 1.77. The van der Waals surface area contributed by atoms with Crippen LogP contribution in [0.3, 0.4) is 0 Å². The van der Waals surface area contributed by atoms with E-state index in [0.29, 0.717) is 6.04 Å². The summed E-state index contributed by atoms with van der Waals surface area (Å²) >= 11 is 0. The van der Waals surface area contributed by atoms with Crippen molar-refractivity contribution in [2.75, 3.05) is 7.05 Å². The molecule has 2 N–H and O–H groups in total. The number of nitrogens with one attached hydrogen (secondary N) is 2. The Kier molecular flexibility index (Phi) is 5.37. The molecule has 0 fully saturated rings. The zero-order valence-electron chi connectivity index (χ0n) is 8.05. The predicted octanol–water partition coefficient (Wildman–Crippen LogP) is 0.675. The molecule has 2 atom stereocenters. The monoisotopic (exact) mass is 170 g/mol. The molecule has 1 amide bonds. The van der Waals surface area contributed by atoms with Crippen molar-refractivity contribution in [3.05, 3.63) is 12.7 Å². The minimum Gasteiger partial charge on any atom is -0.350 e. The van der Waals surface area contributed by atoms with Crippen LogP contribution in [0.5, 0.6) is 0 Å². The Morgan fingerprint density at radius 2 is 2.08 bits per heavy atom. The fourth-order valence-electron chi connectivity index (χ4n) is 1.01. The summed E-state index contributed by atoms with van der Waals surface area (Å²) in [5.74, 6) is -0.106. The van der Waals surface area contributed by atoms with E-state index >= 15 is 0 Å². The summed E-state index contributed by atoms with van der Waals surface area (Å²) in [6.07, 6.45) is 2.22. The zero-order chi connectivity index (χ0) is 9.56. The van der Waals surface area contributed by atoms with E-state index in [4.69, 9.17) is 0 Å². The third-order valence-electron chi connectivity index (χ3n) is 1.77. The van der Waals surface area contributed by atoms with Crippen LogP contribution in [0.15, 0.2) is 12.7 Å². The van der Waals surface area contributed by atoms with Crippen LogP contribution in [0.2, 0.25) is 0 Å². The SMILES string of the molecule is C=CC(=O)NC(C)CC(C)NC. The van der Waals surface area contributed by atoms with Crippen molar-refractivity contribution in [2.24, 2.45) is 0 Å². The van der Waals surface area contributed by atoms with E-state index in [9.17, 15) is 4.79 Å². The van der Waals surface area contributed by atoms with Crippen LogP contribution in [0.25, 0.3) is 0 Å². The second kappa shape index (κ2) is 5.77. The maximum atomic E-state index is 10.8. The summed E-state index contributed by atoms with van der Waals surface area (Å²) in [4.78, 5) is 10.8. The summed E-state index contributed by atoms with van der Waals surface area (Å²) in [7, 11) is 1.91. The first-order chi connectivity index (χ1) is 5.60. The van der Waals surface area contributed by atoms with Crippen molar-refractivity contribution in [1.29, 1.82) is 0 Å². The van der Waals surface area contributed by atoms with Crippen molar-refractivity contribution < 1.29 is 4.79 Å². The smallest absolute Gasteiger partial charge is 0.243 e. The van der Waals surface area contributed by atoms with Crippen LogP contribution in [0.1, 0.15) is 20.3 Å². The van der Waals surface area contributed by atoms with Gasteiger partial charge in [0.2, 0.25) is 5.91 Å². The fourth-order valence-corrected chi connectivity index (χ4v) is 1.01. The molecular weight excluding hydrogens is 152 g/mol. The van der Waals surface area contributed by atoms with Crippen LogP contribution < -0.4 is 10.6 Å². The van der Waals surface area contributed by atoms with E-state index in [2.05, 4.69) is 24.1 Å². The molecule has 3 heteroatoms. The molecule has 3 nitrogen and oxygen atoms in total. The van der Waals surface area contributed by atoms with Gasteiger partial charge in [0.25, 0.3) is 0 Å². The first-order valence-electron chi connectivity index (χ1n) is 4.20. The molecule has 0 radical (unpaired) electrons. The highest BCUT2D eigenvalue weighted by molar-refractivity contribution is 5.87. The maximum absolute atomic E-state index is 10.8. The molecule has 0 aromatic carbocycles. The number of rotatable bonds is 5. The largest absolute Gasteiger partial charge is 0.350 e. The van der Waals surface area contributed by atoms with Crippen molar-refractivity contribution in [2.45, 2.75) is 32.4 Å². The molecule has 0 spiro atoms. The Bertz CT molecular complexity index is 157. The van der Waals surface area contributed by atoms with Gasteiger partial charge >= 0.3 is 0 Å². The molecule has 0 aliphatic carbocycles. The standard InChI is InChI=1S/C9H18N2O/c1-5-9(12)11-8(3)6-7(2)10-4/h5,7-8,10H,1,6H2,2-4H3,(H,11,12). The van der Waals surface area contributed by atoms with E-state index in [0.717, 1.165) is 6.42 Å². The number of hydrogen-bond donors (Lipinski definition) is 2. The van der Waals surface area contributed by atoms with E-state index in [1.807, 2.05) is 14.0 Å². The minimum atomic E-state index is -0.106. The fraction of sp³-hybridized carbons (Fsp3) is 0.667. The Morgan fingerprint density at radius 3 is 2.50 bits per heavy atom. The average Bonchev–Trinajstić information content (AvgIpc) is 2.03. The highest BCUT2D eigenvalue weighted by Gasteiger charge is 2.07. The average molecular weight is 170 g/mol. The van der Waals surface area contributed by atoms with Gasteiger partial charge in [-0.2, -0.15) is 0 Å². The van der Waals surface area contributed by atoms with Gasteiger partial charge in [0.15, 0.2) is 0 Å². The Balaban J connectivity index is 3.65. The lowest BCUT2D eigenvalue weighted by Crippen LogP contribution is -2.36. The molecule has 0 heterocycles. The summed E-state index contributed by atoms with van der Waals surface area (Å²) in [5, 5.41) is 5.91. The molecule has 0 aromatic heterocycles. The van der Waals surface area contributed by atoms with Gasteiger partial charge in [-0.3, -0.25) is 4.79 Å². The summed E-state index contributed by atoms with van der Waals surface area (Å²) in [5.41, 5.74) is 0. The second-order valence-corrected chi connectivity index (χ2v) is 3.04. The summed E-state index contributed by atoms with van der Waals surface area (Å²) in [6.45, 7) is 7.45. The lowest BCUT2D eigenvalue weighted by Gasteiger charge is -2.16. The van der Waals surface area contributed by atoms with Gasteiger partial charge in [-0.15, -0.1) is 0 Å². The molecule has 0 saturated heterocycles. The van der Waals surface area contributed by atoms with Crippen LogP contribution in [0, 0.1) is 0 Å². The topological polar surface area (TPSA) is 41.1 Å². The third kappa shape index (κ3) is 4.91. The molecule has 0 aromatic rings. The lowest BCUT2D eigenvalue weighted by atomic mass is 10.1. The first kappa shape index (κ1) is 11.2. The van der Waals surface area contributed by atoms with Crippen LogP contribution in [-0.4, -0.2) is 25.0 Å². The van der Waals surface area contributed by atoms with Gasteiger partial charge < -0.3 is 10.6 Å². The van der Waals surface area contributed by atoms with E-state index in [1.54, 1.807) is 0 Å². The molecule has 0 aliphatic heterocycles. The van der Waals surface area contributed by atoms with Crippen molar-refractivity contribution >= 4 is 5.91 Å². The molecule has 0 saturated carbocycles. The van der Waals surface area contributed by atoms with Gasteiger partial charge in [0, 0.05) is 12.1 Å². The van der Waals surface area contributed by atoms with Crippen LogP contribution >= 0.6 is 0 Å². The van der Waals surface area contributed by atoms with E-state index in [-0.39, 0.29) is 11.9 Å². The van der Waals surface area contributed by atoms with Crippen molar-refractivity contribution in [3.8, 4) is 0 Å². The van der Waals surface area contributed by atoms with Gasteiger partial charge in [-0.1, -0.05) is 6.58 Å². The van der Waals surface area contributed by atoms with E-state index in [1.165, 1.54) is 6.08 Å². The number of amides is 1. The van der Waals surface area contributed by atoms with Gasteiger partial charge in [-0.25, -0.2) is 0 Å². The number of carbonyl (C=O) groups excluding carboxylic acids is 1. The van der Waals surface area contributed by atoms with Gasteiger partial charge in [0.05, 0.1) is 0 Å². The molecule has 0 rings (SSSR count). The molecule has 70 valence electrons. The Hall–Kier alpha value is -0.830. The molecule has 0 aliphatic rings. The Morgan fingerprint density at radius 1 is 1.50 bits per heavy atom. The normalized spacial score (nSPS) is 14.9. The van der Waals surface area contributed by atoms with Gasteiger partial charge in [-0.05, 0) is 33.4 Å². The number of hydrogen-bond acceptors (Lipinski definition) is 2. The molecular formula is C9H18N2O. The summed E-state index contributed by atoms with van der Waals surface area (Å²) < 4.78 is 0. The Labute approximate surface area is 74.2 Å². The molecule has 2 unspecified atom stereocenters. The highest BCUT2D eigenvalue weighted by atomic mass is 16.1. The minimum absolute atomic E-state index is 0.106. The lowest BCUT2D eigenvalue weighted by molar-refractivity contribution is -0.117. The van der Waals surface area contributed by atoms with Crippen molar-refractivity contribution in [3.63, 3.8) is 0 Å². The predicted molar refractivity (Wildman–Crippen MR) is 50.9 cm³/mol. The molecule has 0 bridgehead atoms. The van der Waals surface area contributed by atoms with Crippen molar-refractivity contribution in [1.82, 2.24) is 10.6 Å². The van der Waals surface area contributed by atoms with Crippen LogP contribution in [-0.2, 0) is 4.79 Å². The maximum Gasteiger partial charge on any atom is 0.243 e. The zero-order valence-corrected chi connectivity index (χ0v) is 8.05. The molecule has 12 heavy (non-hydrogen) atoms. The number of carbonyl (C=O) groups is 1.